The number of nitrogens with one attached hydrogen (secondary N) is 2. The van der Waals surface area contributed by atoms with Gasteiger partial charge in [-0.15, -0.1) is 0 Å². The zero-order valence-corrected chi connectivity index (χ0v) is 18.9. The van der Waals surface area contributed by atoms with Crippen molar-refractivity contribution in [2.24, 2.45) is 0 Å². The molecule has 2 amide bonds. The van der Waals surface area contributed by atoms with Gasteiger partial charge in [-0.1, -0.05) is 48.5 Å². The molecule has 180 valence electrons. The maximum absolute atomic E-state index is 12.6. The number of benzene rings is 2. The van der Waals surface area contributed by atoms with Crippen LogP contribution in [0.5, 0.6) is 0 Å². The molecule has 1 aromatic heterocycles. The predicted octanol–water partition coefficient (Wildman–Crippen LogP) is 3.66. The molecule has 0 saturated carbocycles. The van der Waals surface area contributed by atoms with Crippen molar-refractivity contribution in [1.29, 1.82) is 0 Å². The van der Waals surface area contributed by atoms with Crippen LogP contribution in [0.3, 0.4) is 0 Å². The van der Waals surface area contributed by atoms with E-state index in [2.05, 4.69) is 27.8 Å². The molecule has 0 aliphatic heterocycles. The molecule has 2 aromatic carbocycles. The lowest BCUT2D eigenvalue weighted by Crippen LogP contribution is -2.29. The number of rotatable bonds is 10. The van der Waals surface area contributed by atoms with Crippen molar-refractivity contribution in [3.63, 3.8) is 0 Å². The van der Waals surface area contributed by atoms with E-state index in [0.29, 0.717) is 0 Å². The highest BCUT2D eigenvalue weighted by atomic mass is 16.5. The molecule has 0 saturated heterocycles. The van der Waals surface area contributed by atoms with Gasteiger partial charge in [-0.3, -0.25) is 14.9 Å². The van der Waals surface area contributed by atoms with E-state index in [1.54, 1.807) is 12.1 Å². The minimum absolute atomic E-state index is 0.0338. The number of aromatic nitrogens is 1. The van der Waals surface area contributed by atoms with Crippen LogP contribution in [-0.2, 0) is 14.3 Å². The normalized spacial score (nSPS) is 11.9. The largest absolute Gasteiger partial charge is 0.481 e. The van der Waals surface area contributed by atoms with E-state index in [-0.39, 0.29) is 50.1 Å². The molecule has 0 radical (unpaired) electrons. The summed E-state index contributed by atoms with van der Waals surface area (Å²) in [5.74, 6) is -1.53. The number of anilines is 1. The Labute approximate surface area is 202 Å². The fourth-order valence-electron chi connectivity index (χ4n) is 4.01. The van der Waals surface area contributed by atoms with Gasteiger partial charge in [0.25, 0.3) is 5.91 Å². The average Bonchev–Trinajstić information content (AvgIpc) is 3.18. The van der Waals surface area contributed by atoms with Gasteiger partial charge in [0, 0.05) is 18.7 Å². The highest BCUT2D eigenvalue weighted by molar-refractivity contribution is 6.00. The van der Waals surface area contributed by atoms with Crippen molar-refractivity contribution in [2.75, 3.05) is 31.7 Å². The Morgan fingerprint density at radius 1 is 0.914 bits per heavy atom. The number of carboxylic acids is 1. The first kappa shape index (κ1) is 23.9. The van der Waals surface area contributed by atoms with Crippen molar-refractivity contribution in [1.82, 2.24) is 10.3 Å². The van der Waals surface area contributed by atoms with Gasteiger partial charge in [-0.25, -0.2) is 9.78 Å². The van der Waals surface area contributed by atoms with Crippen LogP contribution in [0.4, 0.5) is 10.5 Å². The minimum Gasteiger partial charge on any atom is -0.481 e. The third kappa shape index (κ3) is 5.82. The maximum Gasteiger partial charge on any atom is 0.411 e. The van der Waals surface area contributed by atoms with Gasteiger partial charge in [0.15, 0.2) is 5.69 Å². The number of pyridine rings is 1. The van der Waals surface area contributed by atoms with Crippen LogP contribution in [-0.4, -0.2) is 54.4 Å². The highest BCUT2D eigenvalue weighted by Crippen LogP contribution is 2.44. The molecule has 3 N–H and O–H groups in total. The SMILES string of the molecule is O=C(O)CCOCCNC(=O)c1ncccc1NC(=O)OCC1c2ccccc2-c2ccccc21. The molecular weight excluding hydrogens is 450 g/mol. The van der Waals surface area contributed by atoms with E-state index in [1.807, 2.05) is 36.4 Å². The Morgan fingerprint density at radius 2 is 1.60 bits per heavy atom. The Kier molecular flexibility index (Phi) is 7.69. The Hall–Kier alpha value is -4.24. The number of fused-ring (bicyclic) bond motifs is 3. The number of nitrogens with zero attached hydrogens (tertiary/aromatic N) is 1. The summed E-state index contributed by atoms with van der Waals surface area (Å²) in [5, 5.41) is 13.8. The summed E-state index contributed by atoms with van der Waals surface area (Å²) < 4.78 is 10.7. The molecule has 9 nitrogen and oxygen atoms in total. The van der Waals surface area contributed by atoms with Crippen LogP contribution in [0.15, 0.2) is 66.9 Å². The standard InChI is InChI=1S/C26H25N3O6/c30-23(31)11-14-34-15-13-28-25(32)24-22(10-5-12-27-24)29-26(33)35-16-21-19-8-3-1-6-17(19)18-7-2-4-9-20(18)21/h1-10,12,21H,11,13-16H2,(H,28,32)(H,29,33)(H,30,31). The fourth-order valence-corrected chi connectivity index (χ4v) is 4.01. The first-order valence-corrected chi connectivity index (χ1v) is 11.2. The molecule has 9 heteroatoms. The van der Waals surface area contributed by atoms with Gasteiger partial charge in [0.05, 0.1) is 25.3 Å². The van der Waals surface area contributed by atoms with E-state index in [9.17, 15) is 14.4 Å². The second-order valence-electron chi connectivity index (χ2n) is 7.86. The summed E-state index contributed by atoms with van der Waals surface area (Å²) in [6.07, 6.45) is 0.648. The smallest absolute Gasteiger partial charge is 0.411 e. The third-order valence-corrected chi connectivity index (χ3v) is 5.60. The average molecular weight is 476 g/mol. The molecule has 0 unspecified atom stereocenters. The Morgan fingerprint density at radius 3 is 2.29 bits per heavy atom. The lowest BCUT2D eigenvalue weighted by Gasteiger charge is -2.15. The summed E-state index contributed by atoms with van der Waals surface area (Å²) in [7, 11) is 0. The van der Waals surface area contributed by atoms with Crippen molar-refractivity contribution < 1.29 is 29.0 Å². The lowest BCUT2D eigenvalue weighted by molar-refractivity contribution is -0.138. The lowest BCUT2D eigenvalue weighted by atomic mass is 9.98. The maximum atomic E-state index is 12.6. The molecule has 35 heavy (non-hydrogen) atoms. The van der Waals surface area contributed by atoms with Crippen LogP contribution < -0.4 is 10.6 Å². The van der Waals surface area contributed by atoms with Gasteiger partial charge in [0.1, 0.15) is 6.61 Å². The monoisotopic (exact) mass is 475 g/mol. The minimum atomic E-state index is -0.952. The number of amides is 2. The van der Waals surface area contributed by atoms with Crippen molar-refractivity contribution in [3.05, 3.63) is 83.7 Å². The van der Waals surface area contributed by atoms with E-state index in [4.69, 9.17) is 14.6 Å². The number of ether oxygens (including phenoxy) is 2. The van der Waals surface area contributed by atoms with E-state index in [1.165, 1.54) is 6.20 Å². The molecule has 3 aromatic rings. The number of hydrogen-bond acceptors (Lipinski definition) is 6. The zero-order chi connectivity index (χ0) is 24.6. The molecule has 1 heterocycles. The van der Waals surface area contributed by atoms with Gasteiger partial charge in [0.2, 0.25) is 0 Å². The van der Waals surface area contributed by atoms with Gasteiger partial charge >= 0.3 is 12.1 Å². The molecule has 1 aliphatic carbocycles. The van der Waals surface area contributed by atoms with Crippen LogP contribution >= 0.6 is 0 Å². The van der Waals surface area contributed by atoms with Crippen LogP contribution in [0.2, 0.25) is 0 Å². The predicted molar refractivity (Wildman–Crippen MR) is 128 cm³/mol. The summed E-state index contributed by atoms with van der Waals surface area (Å²) in [6, 6.07) is 19.3. The van der Waals surface area contributed by atoms with Crippen molar-refractivity contribution in [2.45, 2.75) is 12.3 Å². The van der Waals surface area contributed by atoms with Crippen molar-refractivity contribution >= 4 is 23.7 Å². The topological polar surface area (TPSA) is 127 Å². The number of aliphatic carboxylic acids is 1. The molecule has 0 bridgehead atoms. The Balaban J connectivity index is 1.33. The summed E-state index contributed by atoms with van der Waals surface area (Å²) in [6.45, 7) is 0.527. The molecule has 0 spiro atoms. The van der Waals surface area contributed by atoms with Crippen LogP contribution in [0.1, 0.15) is 34.0 Å². The van der Waals surface area contributed by atoms with E-state index < -0.39 is 18.0 Å². The molecule has 4 rings (SSSR count). The van der Waals surface area contributed by atoms with Gasteiger partial charge in [-0.05, 0) is 34.4 Å². The van der Waals surface area contributed by atoms with Crippen LogP contribution in [0, 0.1) is 0 Å². The highest BCUT2D eigenvalue weighted by Gasteiger charge is 2.29. The van der Waals surface area contributed by atoms with Gasteiger partial charge < -0.3 is 19.9 Å². The van der Waals surface area contributed by atoms with Crippen molar-refractivity contribution in [3.8, 4) is 11.1 Å². The molecular formula is C26H25N3O6. The summed E-state index contributed by atoms with van der Waals surface area (Å²) in [5.41, 5.74) is 4.73. The van der Waals surface area contributed by atoms with E-state index in [0.717, 1.165) is 22.3 Å². The number of hydrogen-bond donors (Lipinski definition) is 3. The number of carbonyl (C=O) groups excluding carboxylic acids is 2. The van der Waals surface area contributed by atoms with E-state index >= 15 is 0 Å². The first-order valence-electron chi connectivity index (χ1n) is 11.2. The third-order valence-electron chi connectivity index (χ3n) is 5.60. The Bertz CT molecular complexity index is 1180. The summed E-state index contributed by atoms with van der Waals surface area (Å²) in [4.78, 5) is 39.7. The zero-order valence-electron chi connectivity index (χ0n) is 18.9. The van der Waals surface area contributed by atoms with Gasteiger partial charge in [-0.2, -0.15) is 0 Å². The summed E-state index contributed by atoms with van der Waals surface area (Å²) >= 11 is 0. The second-order valence-corrected chi connectivity index (χ2v) is 7.86. The van der Waals surface area contributed by atoms with Crippen LogP contribution in [0.25, 0.3) is 11.1 Å². The fraction of sp³-hybridized carbons (Fsp3) is 0.231. The molecule has 0 atom stereocenters. The number of carboxylic acid groups (broad SMARTS) is 1. The quantitative estimate of drug-likeness (QED) is 0.382. The second kappa shape index (κ2) is 11.3. The molecule has 0 fully saturated rings. The molecule has 1 aliphatic rings. The number of carbonyl (C=O) groups is 3. The first-order chi connectivity index (χ1) is 17.0.